The maximum Gasteiger partial charge on any atom is 0.305 e. The first-order chi connectivity index (χ1) is 8.22. The van der Waals surface area contributed by atoms with Gasteiger partial charge < -0.3 is 10.6 Å². The third-order valence-corrected chi connectivity index (χ3v) is 3.38. The van der Waals surface area contributed by atoms with Crippen LogP contribution in [0.5, 0.6) is 0 Å². The number of hydrogen-bond acceptors (Lipinski definition) is 4. The van der Waals surface area contributed by atoms with Crippen molar-refractivity contribution in [1.82, 2.24) is 0 Å². The van der Waals surface area contributed by atoms with Gasteiger partial charge in [0.25, 0.3) is 0 Å². The molecule has 96 valence electrons. The Morgan fingerprint density at radius 2 is 2.35 bits per heavy atom. The van der Waals surface area contributed by atoms with E-state index in [0.717, 1.165) is 31.4 Å². The van der Waals surface area contributed by atoms with E-state index in [1.54, 1.807) is 0 Å². The van der Waals surface area contributed by atoms with Crippen molar-refractivity contribution in [3.8, 4) is 0 Å². The summed E-state index contributed by atoms with van der Waals surface area (Å²) < 4.78 is 4.73. The molecular formula is C13H22N2O2. The summed E-state index contributed by atoms with van der Waals surface area (Å²) in [5, 5.41) is 3.86. The number of hydrazone groups is 1. The number of hydrogen-bond donors (Lipinski definition) is 1. The minimum atomic E-state index is -0.141. The van der Waals surface area contributed by atoms with Crippen LogP contribution in [0.4, 0.5) is 0 Å². The topological polar surface area (TPSA) is 64.7 Å². The molecule has 0 spiro atoms. The van der Waals surface area contributed by atoms with E-state index in [2.05, 4.69) is 24.2 Å². The van der Waals surface area contributed by atoms with Crippen LogP contribution < -0.4 is 5.84 Å². The van der Waals surface area contributed by atoms with Crippen molar-refractivity contribution >= 4 is 11.7 Å². The second-order valence-corrected chi connectivity index (χ2v) is 4.42. The van der Waals surface area contributed by atoms with Gasteiger partial charge in [0, 0.05) is 18.1 Å². The van der Waals surface area contributed by atoms with E-state index in [4.69, 9.17) is 10.6 Å². The Bertz CT molecular complexity index is 311. The van der Waals surface area contributed by atoms with Gasteiger partial charge in [0.1, 0.15) is 0 Å². The lowest BCUT2D eigenvalue weighted by Gasteiger charge is -2.17. The zero-order valence-corrected chi connectivity index (χ0v) is 10.7. The smallest absolute Gasteiger partial charge is 0.305 e. The molecule has 0 radical (unpaired) electrons. The highest BCUT2D eigenvalue weighted by Crippen LogP contribution is 2.34. The summed E-state index contributed by atoms with van der Waals surface area (Å²) in [6.07, 6.45) is 8.61. The summed E-state index contributed by atoms with van der Waals surface area (Å²) in [6.45, 7) is 2.11. The van der Waals surface area contributed by atoms with Crippen molar-refractivity contribution in [2.75, 3.05) is 7.11 Å². The molecule has 17 heavy (non-hydrogen) atoms. The largest absolute Gasteiger partial charge is 0.469 e. The molecule has 4 nitrogen and oxygen atoms in total. The Kier molecular flexibility index (Phi) is 5.73. The fourth-order valence-corrected chi connectivity index (χ4v) is 2.43. The van der Waals surface area contributed by atoms with Gasteiger partial charge in [-0.15, -0.1) is 0 Å². The molecule has 0 aromatic carbocycles. The van der Waals surface area contributed by atoms with Gasteiger partial charge in [-0.05, 0) is 31.6 Å². The number of nitrogens with two attached hydrogens (primary N) is 1. The van der Waals surface area contributed by atoms with E-state index < -0.39 is 0 Å². The van der Waals surface area contributed by atoms with Crippen LogP contribution in [0.2, 0.25) is 0 Å². The Morgan fingerprint density at radius 3 is 2.94 bits per heavy atom. The molecular weight excluding hydrogens is 216 g/mol. The summed E-state index contributed by atoms with van der Waals surface area (Å²) in [5.41, 5.74) is 1.04. The van der Waals surface area contributed by atoms with Crippen LogP contribution in [-0.2, 0) is 9.53 Å². The molecule has 0 bridgehead atoms. The van der Waals surface area contributed by atoms with E-state index in [-0.39, 0.29) is 5.97 Å². The first kappa shape index (κ1) is 13.7. The summed E-state index contributed by atoms with van der Waals surface area (Å²) in [5.74, 6) is 5.89. The standard InChI is InChI=1S/C13H22N2O2/c1-3-4-5-6-11-10(9-13(16)17-2)7-8-12(11)15-14/h4-5,10-11H,3,6-9,14H2,1-2H3/b5-4+,15-12-. The third-order valence-electron chi connectivity index (χ3n) is 3.38. The SMILES string of the molecule is CC/C=C/CC1/C(=N\N)CCC1CC(=O)OC. The van der Waals surface area contributed by atoms with Crippen LogP contribution in [-0.4, -0.2) is 18.8 Å². The molecule has 0 aromatic rings. The average Bonchev–Trinajstić information content (AvgIpc) is 2.72. The molecule has 2 atom stereocenters. The van der Waals surface area contributed by atoms with Crippen LogP contribution in [0.3, 0.4) is 0 Å². The fraction of sp³-hybridized carbons (Fsp3) is 0.692. The van der Waals surface area contributed by atoms with E-state index >= 15 is 0 Å². The number of ether oxygens (including phenoxy) is 1. The molecule has 0 amide bonds. The van der Waals surface area contributed by atoms with Crippen molar-refractivity contribution in [1.29, 1.82) is 0 Å². The minimum absolute atomic E-state index is 0.141. The molecule has 0 aliphatic heterocycles. The minimum Gasteiger partial charge on any atom is -0.469 e. The summed E-state index contributed by atoms with van der Waals surface area (Å²) in [4.78, 5) is 11.3. The summed E-state index contributed by atoms with van der Waals surface area (Å²) in [7, 11) is 1.43. The van der Waals surface area contributed by atoms with Crippen LogP contribution in [0.25, 0.3) is 0 Å². The highest BCUT2D eigenvalue weighted by Gasteiger charge is 2.33. The van der Waals surface area contributed by atoms with Gasteiger partial charge in [0.15, 0.2) is 0 Å². The quantitative estimate of drug-likeness (QED) is 0.346. The highest BCUT2D eigenvalue weighted by atomic mass is 16.5. The first-order valence-electron chi connectivity index (χ1n) is 6.21. The van der Waals surface area contributed by atoms with Crippen LogP contribution in [0.15, 0.2) is 17.3 Å². The molecule has 0 saturated heterocycles. The Morgan fingerprint density at radius 1 is 1.59 bits per heavy atom. The van der Waals surface area contributed by atoms with Gasteiger partial charge in [0.2, 0.25) is 0 Å². The summed E-state index contributed by atoms with van der Waals surface area (Å²) >= 11 is 0. The molecule has 0 aromatic heterocycles. The van der Waals surface area contributed by atoms with E-state index in [1.165, 1.54) is 7.11 Å². The molecule has 1 aliphatic carbocycles. The van der Waals surface area contributed by atoms with Gasteiger partial charge in [-0.2, -0.15) is 5.10 Å². The average molecular weight is 238 g/mol. The number of allylic oxidation sites excluding steroid dienone is 2. The maximum absolute atomic E-state index is 11.3. The van der Waals surface area contributed by atoms with Crippen molar-refractivity contribution in [2.24, 2.45) is 22.8 Å². The number of rotatable bonds is 5. The molecule has 1 aliphatic rings. The van der Waals surface area contributed by atoms with Crippen molar-refractivity contribution in [2.45, 2.75) is 39.0 Å². The van der Waals surface area contributed by atoms with Crippen LogP contribution in [0, 0.1) is 11.8 Å². The van der Waals surface area contributed by atoms with Gasteiger partial charge in [-0.1, -0.05) is 19.1 Å². The fourth-order valence-electron chi connectivity index (χ4n) is 2.43. The van der Waals surface area contributed by atoms with Crippen molar-refractivity contribution < 1.29 is 9.53 Å². The molecule has 0 heterocycles. The lowest BCUT2D eigenvalue weighted by Crippen LogP contribution is -2.19. The second kappa shape index (κ2) is 7.09. The molecule has 2 N–H and O–H groups in total. The van der Waals surface area contributed by atoms with Crippen molar-refractivity contribution in [3.05, 3.63) is 12.2 Å². The number of carbonyl (C=O) groups excluding carboxylic acids is 1. The first-order valence-corrected chi connectivity index (χ1v) is 6.21. The Labute approximate surface area is 103 Å². The van der Waals surface area contributed by atoms with Crippen LogP contribution in [0.1, 0.15) is 39.0 Å². The van der Waals surface area contributed by atoms with Crippen molar-refractivity contribution in [3.63, 3.8) is 0 Å². The second-order valence-electron chi connectivity index (χ2n) is 4.42. The van der Waals surface area contributed by atoms with Gasteiger partial charge in [0.05, 0.1) is 7.11 Å². The molecule has 1 fully saturated rings. The molecule has 1 saturated carbocycles. The number of carbonyl (C=O) groups is 1. The van der Waals surface area contributed by atoms with E-state index in [1.807, 2.05) is 0 Å². The number of nitrogens with zero attached hydrogens (tertiary/aromatic N) is 1. The molecule has 2 unspecified atom stereocenters. The van der Waals surface area contributed by atoms with E-state index in [0.29, 0.717) is 18.3 Å². The monoisotopic (exact) mass is 238 g/mol. The van der Waals surface area contributed by atoms with E-state index in [9.17, 15) is 4.79 Å². The molecule has 1 rings (SSSR count). The Balaban J connectivity index is 2.62. The Hall–Kier alpha value is -1.32. The summed E-state index contributed by atoms with van der Waals surface area (Å²) in [6, 6.07) is 0. The lowest BCUT2D eigenvalue weighted by molar-refractivity contribution is -0.141. The molecule has 4 heteroatoms. The zero-order chi connectivity index (χ0) is 12.7. The van der Waals surface area contributed by atoms with Gasteiger partial charge in [-0.3, -0.25) is 4.79 Å². The maximum atomic E-state index is 11.3. The predicted molar refractivity (Wildman–Crippen MR) is 68.5 cm³/mol. The third kappa shape index (κ3) is 3.88. The number of esters is 1. The van der Waals surface area contributed by atoms with Gasteiger partial charge >= 0.3 is 5.97 Å². The zero-order valence-electron chi connectivity index (χ0n) is 10.7. The predicted octanol–water partition coefficient (Wildman–Crippen LogP) is 2.25. The van der Waals surface area contributed by atoms with Crippen LogP contribution >= 0.6 is 0 Å². The van der Waals surface area contributed by atoms with Gasteiger partial charge in [-0.25, -0.2) is 0 Å². The highest BCUT2D eigenvalue weighted by molar-refractivity contribution is 5.89. The number of methoxy groups -OCH3 is 1. The normalized spacial score (nSPS) is 26.8. The lowest BCUT2D eigenvalue weighted by atomic mass is 9.89.